The smallest absolute Gasteiger partial charge is 0.228 e. The van der Waals surface area contributed by atoms with Crippen molar-refractivity contribution in [3.8, 4) is 5.75 Å². The first-order valence-corrected chi connectivity index (χ1v) is 3.91. The summed E-state index contributed by atoms with van der Waals surface area (Å²) >= 11 is 0. The Balaban J connectivity index is 2.26. The fraction of sp³-hybridized carbons (Fsp3) is 0.333. The summed E-state index contributed by atoms with van der Waals surface area (Å²) in [4.78, 5) is 0. The van der Waals surface area contributed by atoms with Gasteiger partial charge in [-0.3, -0.25) is 0 Å². The lowest BCUT2D eigenvalue weighted by atomic mass is 10.1. The molecule has 0 bridgehead atoms. The van der Waals surface area contributed by atoms with Crippen molar-refractivity contribution in [2.75, 3.05) is 6.86 Å². The molecule has 1 heterocycles. The van der Waals surface area contributed by atoms with E-state index in [9.17, 15) is 4.39 Å². The second-order valence-corrected chi connectivity index (χ2v) is 2.79. The average molecular weight is 167 g/mol. The van der Waals surface area contributed by atoms with Gasteiger partial charge < -0.3 is 10.1 Å². The molecule has 2 nitrogen and oxygen atoms in total. The van der Waals surface area contributed by atoms with E-state index in [1.807, 2.05) is 12.1 Å². The Morgan fingerprint density at radius 2 is 2.17 bits per heavy atom. The van der Waals surface area contributed by atoms with Crippen LogP contribution in [0.5, 0.6) is 5.75 Å². The molecule has 3 heteroatoms. The van der Waals surface area contributed by atoms with Gasteiger partial charge in [0.05, 0.1) is 0 Å². The van der Waals surface area contributed by atoms with E-state index in [1.165, 1.54) is 11.1 Å². The van der Waals surface area contributed by atoms with Crippen LogP contribution in [-0.4, -0.2) is 6.86 Å². The van der Waals surface area contributed by atoms with E-state index in [0.717, 1.165) is 13.1 Å². The van der Waals surface area contributed by atoms with Gasteiger partial charge in [0.15, 0.2) is 0 Å². The van der Waals surface area contributed by atoms with Crippen molar-refractivity contribution in [1.82, 2.24) is 5.32 Å². The predicted molar refractivity (Wildman–Crippen MR) is 43.6 cm³/mol. The third kappa shape index (κ3) is 1.28. The number of alkyl halides is 1. The fourth-order valence-corrected chi connectivity index (χ4v) is 1.42. The average Bonchev–Trinajstić information content (AvgIpc) is 2.51. The van der Waals surface area contributed by atoms with Gasteiger partial charge in [-0.2, -0.15) is 0 Å². The van der Waals surface area contributed by atoms with Crippen molar-refractivity contribution in [3.63, 3.8) is 0 Å². The molecule has 1 aliphatic heterocycles. The molecule has 1 aliphatic rings. The number of rotatable bonds is 2. The molecule has 0 spiro atoms. The number of fused-ring (bicyclic) bond motifs is 1. The molecule has 64 valence electrons. The van der Waals surface area contributed by atoms with Gasteiger partial charge in [0.25, 0.3) is 0 Å². The topological polar surface area (TPSA) is 21.3 Å². The minimum absolute atomic E-state index is 0.611. The molecule has 2 rings (SSSR count). The Bertz CT molecular complexity index is 288. The van der Waals surface area contributed by atoms with Crippen LogP contribution in [-0.2, 0) is 13.1 Å². The molecule has 1 N–H and O–H groups in total. The van der Waals surface area contributed by atoms with E-state index in [1.54, 1.807) is 6.07 Å². The monoisotopic (exact) mass is 167 g/mol. The third-order valence-corrected chi connectivity index (χ3v) is 2.03. The Morgan fingerprint density at radius 1 is 1.33 bits per heavy atom. The highest BCUT2D eigenvalue weighted by Crippen LogP contribution is 2.21. The normalized spacial score (nSPS) is 14.4. The summed E-state index contributed by atoms with van der Waals surface area (Å²) in [6.45, 7) is 1.01. The highest BCUT2D eigenvalue weighted by molar-refractivity contribution is 5.37. The molecule has 0 aliphatic carbocycles. The van der Waals surface area contributed by atoms with Gasteiger partial charge in [0, 0.05) is 13.1 Å². The van der Waals surface area contributed by atoms with Crippen LogP contribution in [0.3, 0.4) is 0 Å². The lowest BCUT2D eigenvalue weighted by Crippen LogP contribution is -1.99. The summed E-state index contributed by atoms with van der Waals surface area (Å²) in [5.74, 6) is 0.611. The quantitative estimate of drug-likeness (QED) is 0.722. The van der Waals surface area contributed by atoms with Gasteiger partial charge in [-0.05, 0) is 23.3 Å². The second-order valence-electron chi connectivity index (χ2n) is 2.79. The lowest BCUT2D eigenvalue weighted by molar-refractivity contribution is 0.191. The Morgan fingerprint density at radius 3 is 3.00 bits per heavy atom. The summed E-state index contributed by atoms with van der Waals surface area (Å²) in [6.07, 6.45) is 0. The van der Waals surface area contributed by atoms with Crippen molar-refractivity contribution in [2.24, 2.45) is 0 Å². The molecule has 0 fully saturated rings. The van der Waals surface area contributed by atoms with Crippen LogP contribution in [0.2, 0.25) is 0 Å². The van der Waals surface area contributed by atoms with Gasteiger partial charge >= 0.3 is 0 Å². The zero-order valence-corrected chi connectivity index (χ0v) is 6.64. The zero-order chi connectivity index (χ0) is 8.39. The summed E-state index contributed by atoms with van der Waals surface area (Å²) in [5.41, 5.74) is 2.49. The van der Waals surface area contributed by atoms with Gasteiger partial charge in [0.1, 0.15) is 5.75 Å². The highest BCUT2D eigenvalue weighted by atomic mass is 19.1. The predicted octanol–water partition coefficient (Wildman–Crippen LogP) is 1.60. The minimum Gasteiger partial charge on any atom is -0.463 e. The Labute approximate surface area is 70.3 Å². The van der Waals surface area contributed by atoms with Gasteiger partial charge in [0.2, 0.25) is 6.86 Å². The molecule has 12 heavy (non-hydrogen) atoms. The molecule has 0 radical (unpaired) electrons. The van der Waals surface area contributed by atoms with Crippen molar-refractivity contribution >= 4 is 0 Å². The molecule has 0 atom stereocenters. The van der Waals surface area contributed by atoms with E-state index in [0.29, 0.717) is 5.75 Å². The maximum absolute atomic E-state index is 11.8. The maximum atomic E-state index is 11.8. The highest BCUT2D eigenvalue weighted by Gasteiger charge is 2.09. The summed E-state index contributed by atoms with van der Waals surface area (Å²) in [7, 11) is 0. The van der Waals surface area contributed by atoms with Crippen molar-refractivity contribution in [2.45, 2.75) is 13.1 Å². The van der Waals surface area contributed by atoms with Crippen LogP contribution >= 0.6 is 0 Å². The first kappa shape index (κ1) is 7.55. The summed E-state index contributed by atoms with van der Waals surface area (Å²) in [5, 5.41) is 3.21. The summed E-state index contributed by atoms with van der Waals surface area (Å²) in [6, 6.07) is 5.65. The number of benzene rings is 1. The van der Waals surface area contributed by atoms with Crippen LogP contribution < -0.4 is 10.1 Å². The molecule has 0 aromatic heterocycles. The number of halogens is 1. The van der Waals surface area contributed by atoms with Gasteiger partial charge in [-0.15, -0.1) is 0 Å². The third-order valence-electron chi connectivity index (χ3n) is 2.03. The largest absolute Gasteiger partial charge is 0.463 e. The molecular formula is C9H10FNO. The minimum atomic E-state index is -0.758. The molecule has 0 amide bonds. The zero-order valence-electron chi connectivity index (χ0n) is 6.64. The maximum Gasteiger partial charge on any atom is 0.228 e. The van der Waals surface area contributed by atoms with Crippen LogP contribution in [0.25, 0.3) is 0 Å². The first-order chi connectivity index (χ1) is 5.90. The number of nitrogens with one attached hydrogen (secondary N) is 1. The number of ether oxygens (including phenoxy) is 1. The first-order valence-electron chi connectivity index (χ1n) is 3.91. The molecule has 1 aromatic carbocycles. The van der Waals surface area contributed by atoms with Gasteiger partial charge in [-0.25, -0.2) is 4.39 Å². The second kappa shape index (κ2) is 3.11. The fourth-order valence-electron chi connectivity index (χ4n) is 1.42. The van der Waals surface area contributed by atoms with Crippen LogP contribution in [0.1, 0.15) is 11.1 Å². The van der Waals surface area contributed by atoms with Crippen molar-refractivity contribution < 1.29 is 9.13 Å². The number of hydrogen-bond acceptors (Lipinski definition) is 2. The molecule has 0 saturated heterocycles. The lowest BCUT2D eigenvalue weighted by Gasteiger charge is -2.02. The Kier molecular flexibility index (Phi) is 1.96. The van der Waals surface area contributed by atoms with Crippen LogP contribution in [0, 0.1) is 0 Å². The molecule has 0 unspecified atom stereocenters. The molecule has 1 aromatic rings. The van der Waals surface area contributed by atoms with Crippen LogP contribution in [0.4, 0.5) is 4.39 Å². The number of hydrogen-bond donors (Lipinski definition) is 1. The standard InChI is InChI=1S/C9H10FNO/c10-6-12-9-2-1-7-4-11-5-8(7)3-9/h1-3,11H,4-6H2. The van der Waals surface area contributed by atoms with E-state index in [2.05, 4.69) is 5.32 Å². The van der Waals surface area contributed by atoms with Gasteiger partial charge in [-0.1, -0.05) is 6.07 Å². The summed E-state index contributed by atoms with van der Waals surface area (Å²) < 4.78 is 16.5. The van der Waals surface area contributed by atoms with Crippen molar-refractivity contribution in [3.05, 3.63) is 29.3 Å². The van der Waals surface area contributed by atoms with Crippen molar-refractivity contribution in [1.29, 1.82) is 0 Å². The molecule has 0 saturated carbocycles. The van der Waals surface area contributed by atoms with Crippen LogP contribution in [0.15, 0.2) is 18.2 Å². The SMILES string of the molecule is FCOc1ccc2c(c1)CNC2. The molecular weight excluding hydrogens is 157 g/mol. The van der Waals surface area contributed by atoms with E-state index >= 15 is 0 Å². The Hall–Kier alpha value is -1.09. The van der Waals surface area contributed by atoms with E-state index < -0.39 is 6.86 Å². The van der Waals surface area contributed by atoms with E-state index in [-0.39, 0.29) is 0 Å². The van der Waals surface area contributed by atoms with E-state index in [4.69, 9.17) is 4.74 Å².